The molecular weight excluding hydrogens is 334 g/mol. The summed E-state index contributed by atoms with van der Waals surface area (Å²) in [5.74, 6) is 0.105. The van der Waals surface area contributed by atoms with Gasteiger partial charge in [0.15, 0.2) is 6.61 Å². The van der Waals surface area contributed by atoms with Gasteiger partial charge in [-0.05, 0) is 18.2 Å². The van der Waals surface area contributed by atoms with Crippen molar-refractivity contribution in [3.63, 3.8) is 0 Å². The highest BCUT2D eigenvalue weighted by Crippen LogP contribution is 2.38. The van der Waals surface area contributed by atoms with Gasteiger partial charge in [-0.2, -0.15) is 5.10 Å². The Kier molecular flexibility index (Phi) is 4.73. The number of nitrogens with two attached hydrogens (primary N) is 1. The molecule has 0 bridgehead atoms. The molecule has 1 aliphatic heterocycles. The maximum Gasteiger partial charge on any atom is 0.255 e. The molecule has 1 aliphatic rings. The first-order chi connectivity index (χ1) is 11.1. The molecule has 3 rings (SSSR count). The number of hydrogen-bond donors (Lipinski definition) is 2. The summed E-state index contributed by atoms with van der Waals surface area (Å²) in [6.45, 7) is -0.153. The van der Waals surface area contributed by atoms with Crippen LogP contribution in [0.1, 0.15) is 16.5 Å². The van der Waals surface area contributed by atoms with Crippen LogP contribution in [0.4, 0.5) is 0 Å². The molecule has 0 aromatic heterocycles. The zero-order chi connectivity index (χ0) is 16.2. The third-order valence-electron chi connectivity index (χ3n) is 3.18. The fraction of sp³-hybridized carbons (Fsp3) is 0.125. The van der Waals surface area contributed by atoms with Crippen molar-refractivity contribution in [2.45, 2.75) is 5.37 Å². The number of halogens is 1. The lowest BCUT2D eigenvalue weighted by Gasteiger charge is -2.14. The smallest absolute Gasteiger partial charge is 0.255 e. The van der Waals surface area contributed by atoms with Gasteiger partial charge in [0, 0.05) is 16.1 Å². The third-order valence-corrected chi connectivity index (χ3v) is 4.57. The maximum atomic E-state index is 10.9. The molecule has 0 saturated heterocycles. The van der Waals surface area contributed by atoms with Crippen LogP contribution in [-0.4, -0.2) is 17.6 Å². The minimum Gasteiger partial charge on any atom is -0.483 e. The average molecular weight is 348 g/mol. The van der Waals surface area contributed by atoms with Gasteiger partial charge in [0.1, 0.15) is 16.2 Å². The van der Waals surface area contributed by atoms with E-state index in [2.05, 4.69) is 10.5 Å². The van der Waals surface area contributed by atoms with Gasteiger partial charge in [0.2, 0.25) is 0 Å². The SMILES string of the molecule is NC(=O)COc1ccccc1C1NN=C(c2ccc(Cl)cc2)S1. The molecule has 0 saturated carbocycles. The molecule has 3 N–H and O–H groups in total. The number of nitrogens with one attached hydrogen (secondary N) is 1. The van der Waals surface area contributed by atoms with E-state index in [0.717, 1.165) is 16.2 Å². The molecule has 118 valence electrons. The van der Waals surface area contributed by atoms with Crippen molar-refractivity contribution < 1.29 is 9.53 Å². The summed E-state index contributed by atoms with van der Waals surface area (Å²) in [4.78, 5) is 10.9. The van der Waals surface area contributed by atoms with E-state index in [1.807, 2.05) is 42.5 Å². The van der Waals surface area contributed by atoms with Crippen LogP contribution in [0.5, 0.6) is 5.75 Å². The van der Waals surface area contributed by atoms with E-state index in [1.54, 1.807) is 17.8 Å². The Bertz CT molecular complexity index is 749. The molecular formula is C16H14ClN3O2S. The summed E-state index contributed by atoms with van der Waals surface area (Å²) in [5, 5.41) is 5.84. The Hall–Kier alpha value is -2.18. The van der Waals surface area contributed by atoms with Crippen molar-refractivity contribution in [2.24, 2.45) is 10.8 Å². The number of carbonyl (C=O) groups excluding carboxylic acids is 1. The first kappa shape index (κ1) is 15.7. The average Bonchev–Trinajstić information content (AvgIpc) is 3.03. The van der Waals surface area contributed by atoms with E-state index in [1.165, 1.54) is 0 Å². The van der Waals surface area contributed by atoms with Crippen molar-refractivity contribution in [3.05, 3.63) is 64.7 Å². The van der Waals surface area contributed by atoms with Gasteiger partial charge < -0.3 is 10.5 Å². The van der Waals surface area contributed by atoms with Crippen LogP contribution in [0.2, 0.25) is 5.02 Å². The van der Waals surface area contributed by atoms with Crippen LogP contribution < -0.4 is 15.9 Å². The van der Waals surface area contributed by atoms with Crippen LogP contribution in [0.3, 0.4) is 0 Å². The molecule has 2 aromatic rings. The molecule has 7 heteroatoms. The number of primary amides is 1. The number of para-hydroxylation sites is 1. The molecule has 2 aromatic carbocycles. The first-order valence-corrected chi connectivity index (χ1v) is 8.15. The standard InChI is InChI=1S/C16H14ClN3O2S/c17-11-7-5-10(6-8-11)15-19-20-16(23-15)12-3-1-2-4-13(12)22-9-14(18)21/h1-8,16,20H,9H2,(H2,18,21). The summed E-state index contributed by atoms with van der Waals surface area (Å²) in [5.41, 5.74) is 10.1. The number of rotatable bonds is 5. The Morgan fingerprint density at radius 3 is 2.74 bits per heavy atom. The van der Waals surface area contributed by atoms with E-state index < -0.39 is 5.91 Å². The van der Waals surface area contributed by atoms with Gasteiger partial charge in [-0.1, -0.05) is 53.7 Å². The lowest BCUT2D eigenvalue weighted by atomic mass is 10.2. The summed E-state index contributed by atoms with van der Waals surface area (Å²) >= 11 is 7.48. The second kappa shape index (κ2) is 6.93. The summed E-state index contributed by atoms with van der Waals surface area (Å²) in [6.07, 6.45) is 0. The van der Waals surface area contributed by atoms with Crippen LogP contribution in [0.15, 0.2) is 53.6 Å². The zero-order valence-corrected chi connectivity index (χ0v) is 13.6. The molecule has 0 fully saturated rings. The monoisotopic (exact) mass is 347 g/mol. The van der Waals surface area contributed by atoms with Crippen molar-refractivity contribution in [1.82, 2.24) is 5.43 Å². The van der Waals surface area contributed by atoms with E-state index >= 15 is 0 Å². The highest BCUT2D eigenvalue weighted by molar-refractivity contribution is 8.14. The summed E-state index contributed by atoms with van der Waals surface area (Å²) in [6, 6.07) is 15.0. The Labute approximate surface area is 142 Å². The number of ether oxygens (including phenoxy) is 1. The minimum atomic E-state index is -0.509. The van der Waals surface area contributed by atoms with E-state index in [9.17, 15) is 4.79 Å². The number of nitrogens with zero attached hydrogens (tertiary/aromatic N) is 1. The number of hydrogen-bond acceptors (Lipinski definition) is 5. The fourth-order valence-electron chi connectivity index (χ4n) is 2.12. The maximum absolute atomic E-state index is 10.9. The van der Waals surface area contributed by atoms with Crippen molar-refractivity contribution in [1.29, 1.82) is 0 Å². The molecule has 0 spiro atoms. The molecule has 5 nitrogen and oxygen atoms in total. The van der Waals surface area contributed by atoms with Gasteiger partial charge in [0.25, 0.3) is 5.91 Å². The van der Waals surface area contributed by atoms with Gasteiger partial charge in [-0.15, -0.1) is 0 Å². The summed E-state index contributed by atoms with van der Waals surface area (Å²) < 4.78 is 5.47. The molecule has 1 unspecified atom stereocenters. The third kappa shape index (κ3) is 3.78. The van der Waals surface area contributed by atoms with Gasteiger partial charge in [0.05, 0.1) is 0 Å². The lowest BCUT2D eigenvalue weighted by Crippen LogP contribution is -2.21. The molecule has 0 aliphatic carbocycles. The Morgan fingerprint density at radius 1 is 1.26 bits per heavy atom. The van der Waals surface area contributed by atoms with Crippen molar-refractivity contribution >= 4 is 34.3 Å². The first-order valence-electron chi connectivity index (χ1n) is 6.89. The molecule has 1 atom stereocenters. The zero-order valence-electron chi connectivity index (χ0n) is 12.0. The number of hydrazone groups is 1. The quantitative estimate of drug-likeness (QED) is 0.871. The van der Waals surface area contributed by atoms with E-state index in [4.69, 9.17) is 22.1 Å². The predicted octanol–water partition coefficient (Wildman–Crippen LogP) is 2.90. The van der Waals surface area contributed by atoms with Crippen LogP contribution in [0, 0.1) is 0 Å². The predicted molar refractivity (Wildman–Crippen MR) is 92.6 cm³/mol. The van der Waals surface area contributed by atoms with Gasteiger partial charge in [-0.25, -0.2) is 0 Å². The summed E-state index contributed by atoms with van der Waals surface area (Å²) in [7, 11) is 0. The van der Waals surface area contributed by atoms with E-state index in [-0.39, 0.29) is 12.0 Å². The van der Waals surface area contributed by atoms with Crippen LogP contribution in [0.25, 0.3) is 0 Å². The van der Waals surface area contributed by atoms with Crippen LogP contribution in [-0.2, 0) is 4.79 Å². The highest BCUT2D eigenvalue weighted by atomic mass is 35.5. The second-order valence-corrected chi connectivity index (χ2v) is 6.37. The Morgan fingerprint density at radius 2 is 2.00 bits per heavy atom. The number of benzene rings is 2. The lowest BCUT2D eigenvalue weighted by molar-refractivity contribution is -0.119. The molecule has 23 heavy (non-hydrogen) atoms. The topological polar surface area (TPSA) is 76.7 Å². The number of thioether (sulfide) groups is 1. The van der Waals surface area contributed by atoms with Crippen molar-refractivity contribution in [3.8, 4) is 5.75 Å². The molecule has 1 heterocycles. The second-order valence-electron chi connectivity index (χ2n) is 4.84. The number of carbonyl (C=O) groups is 1. The number of amides is 1. The van der Waals surface area contributed by atoms with Crippen LogP contribution >= 0.6 is 23.4 Å². The highest BCUT2D eigenvalue weighted by Gasteiger charge is 2.24. The Balaban J connectivity index is 1.75. The van der Waals surface area contributed by atoms with E-state index in [0.29, 0.717) is 10.8 Å². The van der Waals surface area contributed by atoms with Gasteiger partial charge in [-0.3, -0.25) is 10.2 Å². The normalized spacial score (nSPS) is 16.6. The van der Waals surface area contributed by atoms with Crippen molar-refractivity contribution in [2.75, 3.05) is 6.61 Å². The molecule has 0 radical (unpaired) electrons. The van der Waals surface area contributed by atoms with Gasteiger partial charge >= 0.3 is 0 Å². The minimum absolute atomic E-state index is 0.0928. The molecule has 1 amide bonds. The largest absolute Gasteiger partial charge is 0.483 e. The fourth-order valence-corrected chi connectivity index (χ4v) is 3.27.